The van der Waals surface area contributed by atoms with E-state index in [2.05, 4.69) is 48.4 Å². The molecule has 1 aliphatic carbocycles. The van der Waals surface area contributed by atoms with E-state index < -0.39 is 0 Å². The number of nitrogen functional groups attached to an aromatic ring is 1. The number of rotatable bonds is 0. The predicted molar refractivity (Wildman–Crippen MR) is 71.0 cm³/mol. The summed E-state index contributed by atoms with van der Waals surface area (Å²) in [6.07, 6.45) is 8.77. The second-order valence-electron chi connectivity index (χ2n) is 4.18. The van der Waals surface area contributed by atoms with Gasteiger partial charge in [-0.25, -0.2) is 0 Å². The molecule has 0 radical (unpaired) electrons. The third-order valence-electron chi connectivity index (χ3n) is 3.13. The van der Waals surface area contributed by atoms with Gasteiger partial charge in [0.1, 0.15) is 0 Å². The minimum Gasteiger partial charge on any atom is -0.399 e. The third-order valence-corrected chi connectivity index (χ3v) is 4.42. The van der Waals surface area contributed by atoms with Gasteiger partial charge >= 0.3 is 0 Å². The predicted octanol–water partition coefficient (Wildman–Crippen LogP) is 2.67. The molecule has 0 fully saturated rings. The molecule has 1 aliphatic heterocycles. The summed E-state index contributed by atoms with van der Waals surface area (Å²) in [5.41, 5.74) is 7.95. The van der Waals surface area contributed by atoms with Crippen molar-refractivity contribution >= 4 is 23.1 Å². The van der Waals surface area contributed by atoms with Crippen molar-refractivity contribution in [3.05, 3.63) is 42.5 Å². The van der Waals surface area contributed by atoms with Crippen LogP contribution in [0.2, 0.25) is 0 Å². The van der Waals surface area contributed by atoms with Crippen LogP contribution in [0.5, 0.6) is 0 Å². The zero-order chi connectivity index (χ0) is 11.1. The van der Waals surface area contributed by atoms with Crippen LogP contribution in [0.15, 0.2) is 47.4 Å². The molecule has 0 saturated heterocycles. The number of likely N-dealkylation sites (N-methyl/N-ethyl adjacent to an activating group) is 1. The number of hydrogen-bond acceptors (Lipinski definition) is 3. The maximum atomic E-state index is 5.83. The number of nitrogens with zero attached hydrogens (tertiary/aromatic N) is 1. The SMILES string of the molecule is CN1c2ccc(N)cc2SC2C=CC=CC21. The quantitative estimate of drug-likeness (QED) is 0.695. The number of anilines is 2. The van der Waals surface area contributed by atoms with Gasteiger partial charge in [0.2, 0.25) is 0 Å². The molecule has 2 nitrogen and oxygen atoms in total. The van der Waals surface area contributed by atoms with Crippen molar-refractivity contribution in [3.8, 4) is 0 Å². The normalized spacial score (nSPS) is 26.4. The van der Waals surface area contributed by atoms with Crippen LogP contribution in [-0.2, 0) is 0 Å². The van der Waals surface area contributed by atoms with Crippen LogP contribution in [0.1, 0.15) is 0 Å². The van der Waals surface area contributed by atoms with Crippen molar-refractivity contribution in [2.24, 2.45) is 0 Å². The topological polar surface area (TPSA) is 29.3 Å². The molecule has 2 atom stereocenters. The lowest BCUT2D eigenvalue weighted by molar-refractivity contribution is 0.747. The number of allylic oxidation sites excluding steroid dienone is 2. The number of benzene rings is 1. The molecule has 2 N–H and O–H groups in total. The highest BCUT2D eigenvalue weighted by atomic mass is 32.2. The number of nitrogens with two attached hydrogens (primary N) is 1. The lowest BCUT2D eigenvalue weighted by Crippen LogP contribution is -2.41. The van der Waals surface area contributed by atoms with E-state index >= 15 is 0 Å². The molecule has 2 aliphatic rings. The number of fused-ring (bicyclic) bond motifs is 2. The van der Waals surface area contributed by atoms with Gasteiger partial charge in [-0.2, -0.15) is 0 Å². The summed E-state index contributed by atoms with van der Waals surface area (Å²) in [6.45, 7) is 0. The summed E-state index contributed by atoms with van der Waals surface area (Å²) >= 11 is 1.90. The van der Waals surface area contributed by atoms with Crippen LogP contribution in [0.25, 0.3) is 0 Å². The van der Waals surface area contributed by atoms with Crippen LogP contribution >= 0.6 is 11.8 Å². The van der Waals surface area contributed by atoms with Gasteiger partial charge in [0.05, 0.1) is 17.0 Å². The van der Waals surface area contributed by atoms with Gasteiger partial charge in [-0.15, -0.1) is 11.8 Å². The number of hydrogen-bond donors (Lipinski definition) is 1. The van der Waals surface area contributed by atoms with E-state index in [1.54, 1.807) is 0 Å². The largest absolute Gasteiger partial charge is 0.399 e. The van der Waals surface area contributed by atoms with Crippen molar-refractivity contribution in [1.82, 2.24) is 0 Å². The van der Waals surface area contributed by atoms with E-state index in [-0.39, 0.29) is 0 Å². The molecule has 82 valence electrons. The molecule has 0 saturated carbocycles. The fourth-order valence-corrected chi connectivity index (χ4v) is 3.67. The van der Waals surface area contributed by atoms with Crippen LogP contribution in [-0.4, -0.2) is 18.3 Å². The highest BCUT2D eigenvalue weighted by molar-refractivity contribution is 8.00. The Hall–Kier alpha value is -1.35. The molecule has 3 heteroatoms. The minimum atomic E-state index is 0.464. The van der Waals surface area contributed by atoms with Crippen molar-refractivity contribution in [2.75, 3.05) is 17.7 Å². The zero-order valence-electron chi connectivity index (χ0n) is 9.13. The smallest absolute Gasteiger partial charge is 0.0630 e. The Morgan fingerprint density at radius 2 is 2.06 bits per heavy atom. The Morgan fingerprint density at radius 1 is 1.25 bits per heavy atom. The van der Waals surface area contributed by atoms with Gasteiger partial charge in [-0.05, 0) is 18.2 Å². The summed E-state index contributed by atoms with van der Waals surface area (Å²) in [7, 11) is 2.15. The maximum absolute atomic E-state index is 5.83. The van der Waals surface area contributed by atoms with Gasteiger partial charge in [-0.1, -0.05) is 24.3 Å². The van der Waals surface area contributed by atoms with Gasteiger partial charge in [-0.3, -0.25) is 0 Å². The molecule has 0 bridgehead atoms. The lowest BCUT2D eigenvalue weighted by Gasteiger charge is -2.39. The number of thioether (sulfide) groups is 1. The molecule has 1 aromatic carbocycles. The Labute approximate surface area is 99.8 Å². The van der Waals surface area contributed by atoms with Gasteiger partial charge < -0.3 is 10.6 Å². The molecule has 1 heterocycles. The third kappa shape index (κ3) is 1.43. The summed E-state index contributed by atoms with van der Waals surface area (Å²) < 4.78 is 0. The lowest BCUT2D eigenvalue weighted by atomic mass is 10.1. The Morgan fingerprint density at radius 3 is 2.94 bits per heavy atom. The van der Waals surface area contributed by atoms with Crippen LogP contribution in [0.3, 0.4) is 0 Å². The summed E-state index contributed by atoms with van der Waals surface area (Å²) in [5.74, 6) is 0. The van der Waals surface area contributed by atoms with Crippen LogP contribution < -0.4 is 10.6 Å². The van der Waals surface area contributed by atoms with E-state index in [0.29, 0.717) is 11.3 Å². The second-order valence-corrected chi connectivity index (χ2v) is 5.40. The van der Waals surface area contributed by atoms with E-state index in [1.807, 2.05) is 17.8 Å². The van der Waals surface area contributed by atoms with Crippen molar-refractivity contribution in [1.29, 1.82) is 0 Å². The van der Waals surface area contributed by atoms with Crippen LogP contribution in [0.4, 0.5) is 11.4 Å². The highest BCUT2D eigenvalue weighted by Crippen LogP contribution is 2.43. The second kappa shape index (κ2) is 3.59. The van der Waals surface area contributed by atoms with E-state index in [0.717, 1.165) is 5.69 Å². The van der Waals surface area contributed by atoms with Crippen molar-refractivity contribution in [3.63, 3.8) is 0 Å². The zero-order valence-corrected chi connectivity index (χ0v) is 9.95. The first-order chi connectivity index (χ1) is 7.75. The molecular formula is C13H14N2S. The fourth-order valence-electron chi connectivity index (χ4n) is 2.26. The molecule has 0 amide bonds. The molecule has 0 aromatic heterocycles. The first kappa shape index (κ1) is 9.85. The fraction of sp³-hybridized carbons (Fsp3) is 0.231. The van der Waals surface area contributed by atoms with Crippen molar-refractivity contribution < 1.29 is 0 Å². The highest BCUT2D eigenvalue weighted by Gasteiger charge is 2.30. The van der Waals surface area contributed by atoms with Gasteiger partial charge in [0.25, 0.3) is 0 Å². The Bertz CT molecular complexity index is 479. The first-order valence-electron chi connectivity index (χ1n) is 5.40. The molecule has 3 rings (SSSR count). The molecule has 0 spiro atoms. The Balaban J connectivity index is 2.07. The molecule has 1 aromatic rings. The average molecular weight is 230 g/mol. The summed E-state index contributed by atoms with van der Waals surface area (Å²) in [5, 5.41) is 0.504. The van der Waals surface area contributed by atoms with Crippen LogP contribution in [0, 0.1) is 0 Å². The molecule has 16 heavy (non-hydrogen) atoms. The Kier molecular flexibility index (Phi) is 2.21. The van der Waals surface area contributed by atoms with Gasteiger partial charge in [0, 0.05) is 17.6 Å². The van der Waals surface area contributed by atoms with E-state index in [9.17, 15) is 0 Å². The average Bonchev–Trinajstić information content (AvgIpc) is 2.29. The summed E-state index contributed by atoms with van der Waals surface area (Å²) in [4.78, 5) is 3.61. The minimum absolute atomic E-state index is 0.464. The summed E-state index contributed by atoms with van der Waals surface area (Å²) in [6, 6.07) is 6.61. The first-order valence-corrected chi connectivity index (χ1v) is 6.28. The maximum Gasteiger partial charge on any atom is 0.0630 e. The molecule has 2 unspecified atom stereocenters. The standard InChI is InChI=1S/C13H14N2S/c1-15-10-4-2-3-5-12(10)16-13-8-9(14)6-7-11(13)15/h2-8,10,12H,14H2,1H3. The van der Waals surface area contributed by atoms with E-state index in [4.69, 9.17) is 5.73 Å². The van der Waals surface area contributed by atoms with Gasteiger partial charge in [0.15, 0.2) is 0 Å². The molecular weight excluding hydrogens is 216 g/mol. The van der Waals surface area contributed by atoms with E-state index in [1.165, 1.54) is 10.6 Å². The van der Waals surface area contributed by atoms with Crippen molar-refractivity contribution in [2.45, 2.75) is 16.2 Å². The monoisotopic (exact) mass is 230 g/mol.